The number of unbranched alkanes of at least 4 members (excludes halogenated alkanes) is 2. The summed E-state index contributed by atoms with van der Waals surface area (Å²) in [6.07, 6.45) is 9.98. The van der Waals surface area contributed by atoms with E-state index in [4.69, 9.17) is 62.7 Å². The van der Waals surface area contributed by atoms with Crippen molar-refractivity contribution in [2.45, 2.75) is 118 Å². The van der Waals surface area contributed by atoms with Crippen LogP contribution in [-0.4, -0.2) is 39.5 Å². The summed E-state index contributed by atoms with van der Waals surface area (Å²) in [4.78, 5) is 11.7. The minimum atomic E-state index is -0.169. The van der Waals surface area contributed by atoms with Crippen molar-refractivity contribution < 1.29 is 9.53 Å². The number of ether oxygens (including phenoxy) is 1. The number of hydrogen-bond donors (Lipinski definition) is 0. The molecule has 0 aromatic rings. The molecule has 168 valence electrons. The molecule has 0 saturated carbocycles. The first-order chi connectivity index (χ1) is 13.3. The lowest BCUT2D eigenvalue weighted by Crippen LogP contribution is -2.18. The maximum absolute atomic E-state index is 11.7. The van der Waals surface area contributed by atoms with Gasteiger partial charge in [0, 0.05) is 33.3 Å². The molecule has 28 heavy (non-hydrogen) atoms. The zero-order valence-electron chi connectivity index (χ0n) is 17.3. The largest absolute Gasteiger partial charge is 0.466 e. The van der Waals surface area contributed by atoms with Gasteiger partial charge in [-0.05, 0) is 51.4 Å². The maximum atomic E-state index is 11.7. The van der Waals surface area contributed by atoms with Crippen LogP contribution in [0.3, 0.4) is 0 Å². The highest BCUT2D eigenvalue weighted by molar-refractivity contribution is 6.30. The molecule has 0 heterocycles. The standard InChI is InChI=1S/C21H37Cl5O2/c1-3-5-6-14-28-21(27)13-11-17(23)10-12-20(26)19(25)9-7-8-18(24)15-16(22)4-2/h16-20H,3-15H2,1-2H3. The molecule has 0 aliphatic rings. The van der Waals surface area contributed by atoms with Crippen molar-refractivity contribution in [1.29, 1.82) is 0 Å². The van der Waals surface area contributed by atoms with Crippen molar-refractivity contribution in [1.82, 2.24) is 0 Å². The second kappa shape index (κ2) is 18.7. The Balaban J connectivity index is 3.81. The summed E-state index contributed by atoms with van der Waals surface area (Å²) in [6.45, 7) is 4.69. The smallest absolute Gasteiger partial charge is 0.305 e. The Bertz CT molecular complexity index is 384. The van der Waals surface area contributed by atoms with E-state index >= 15 is 0 Å². The average molecular weight is 499 g/mol. The van der Waals surface area contributed by atoms with Gasteiger partial charge in [-0.3, -0.25) is 4.79 Å². The van der Waals surface area contributed by atoms with Crippen LogP contribution in [0.25, 0.3) is 0 Å². The van der Waals surface area contributed by atoms with Gasteiger partial charge in [0.2, 0.25) is 0 Å². The third-order valence-corrected chi connectivity index (χ3v) is 7.27. The third-order valence-electron chi connectivity index (χ3n) is 4.77. The average Bonchev–Trinajstić information content (AvgIpc) is 2.67. The van der Waals surface area contributed by atoms with Crippen LogP contribution in [0.1, 0.15) is 90.9 Å². The quantitative estimate of drug-likeness (QED) is 0.108. The summed E-state index contributed by atoms with van der Waals surface area (Å²) in [5.41, 5.74) is 0. The van der Waals surface area contributed by atoms with Crippen LogP contribution in [0.2, 0.25) is 0 Å². The van der Waals surface area contributed by atoms with E-state index in [0.717, 1.165) is 64.2 Å². The Hall–Kier alpha value is 0.920. The first-order valence-electron chi connectivity index (χ1n) is 10.7. The molecule has 7 heteroatoms. The Morgan fingerprint density at radius 2 is 1.43 bits per heavy atom. The maximum Gasteiger partial charge on any atom is 0.305 e. The molecule has 2 nitrogen and oxygen atoms in total. The van der Waals surface area contributed by atoms with Crippen LogP contribution in [0.4, 0.5) is 0 Å². The monoisotopic (exact) mass is 496 g/mol. The van der Waals surface area contributed by atoms with Crippen molar-refractivity contribution >= 4 is 64.0 Å². The Kier molecular flexibility index (Phi) is 19.3. The summed E-state index contributed by atoms with van der Waals surface area (Å²) in [6, 6.07) is 0. The minimum absolute atomic E-state index is 0.0878. The molecule has 0 amide bonds. The van der Waals surface area contributed by atoms with E-state index in [2.05, 4.69) is 13.8 Å². The van der Waals surface area contributed by atoms with Gasteiger partial charge in [-0.25, -0.2) is 0 Å². The van der Waals surface area contributed by atoms with Gasteiger partial charge in [-0.1, -0.05) is 33.1 Å². The normalized spacial score (nSPS) is 17.0. The van der Waals surface area contributed by atoms with Gasteiger partial charge in [0.15, 0.2) is 0 Å². The van der Waals surface area contributed by atoms with Crippen molar-refractivity contribution in [3.63, 3.8) is 0 Å². The predicted molar refractivity (Wildman–Crippen MR) is 126 cm³/mol. The molecule has 0 aromatic carbocycles. The molecular weight excluding hydrogens is 461 g/mol. The van der Waals surface area contributed by atoms with E-state index < -0.39 is 0 Å². The first-order valence-corrected chi connectivity index (χ1v) is 12.8. The molecule has 5 unspecified atom stereocenters. The lowest BCUT2D eigenvalue weighted by Gasteiger charge is -2.18. The van der Waals surface area contributed by atoms with Crippen LogP contribution in [0.5, 0.6) is 0 Å². The van der Waals surface area contributed by atoms with E-state index in [1.165, 1.54) is 0 Å². The number of alkyl halides is 5. The van der Waals surface area contributed by atoms with Crippen LogP contribution in [0.15, 0.2) is 0 Å². The first kappa shape index (κ1) is 28.9. The molecule has 5 atom stereocenters. The zero-order chi connectivity index (χ0) is 21.4. The molecule has 0 aliphatic carbocycles. The van der Waals surface area contributed by atoms with Crippen LogP contribution in [0, 0.1) is 0 Å². The second-order valence-corrected chi connectivity index (χ2v) is 10.4. The summed E-state index contributed by atoms with van der Waals surface area (Å²) in [5, 5.41) is -0.0846. The van der Waals surface area contributed by atoms with E-state index in [1.54, 1.807) is 0 Å². The molecule has 0 N–H and O–H groups in total. The van der Waals surface area contributed by atoms with Gasteiger partial charge >= 0.3 is 5.97 Å². The molecule has 0 bridgehead atoms. The predicted octanol–water partition coefficient (Wildman–Crippen LogP) is 8.29. The number of halogens is 5. The highest BCUT2D eigenvalue weighted by atomic mass is 35.5. The van der Waals surface area contributed by atoms with E-state index in [9.17, 15) is 4.79 Å². The lowest BCUT2D eigenvalue weighted by molar-refractivity contribution is -0.143. The highest BCUT2D eigenvalue weighted by Crippen LogP contribution is 2.26. The van der Waals surface area contributed by atoms with Crippen LogP contribution in [-0.2, 0) is 9.53 Å². The van der Waals surface area contributed by atoms with Gasteiger partial charge in [0.1, 0.15) is 0 Å². The Morgan fingerprint density at radius 3 is 2.07 bits per heavy atom. The fourth-order valence-corrected chi connectivity index (χ4v) is 4.27. The van der Waals surface area contributed by atoms with Crippen molar-refractivity contribution in [2.24, 2.45) is 0 Å². The fraction of sp³-hybridized carbons (Fsp3) is 0.952. The summed E-state index contributed by atoms with van der Waals surface area (Å²) < 4.78 is 5.19. The third kappa shape index (κ3) is 16.7. The molecular formula is C21H37Cl5O2. The van der Waals surface area contributed by atoms with E-state index in [1.807, 2.05) is 0 Å². The van der Waals surface area contributed by atoms with E-state index in [-0.39, 0.29) is 32.9 Å². The van der Waals surface area contributed by atoms with Crippen molar-refractivity contribution in [3.8, 4) is 0 Å². The molecule has 0 aliphatic heterocycles. The van der Waals surface area contributed by atoms with Crippen LogP contribution < -0.4 is 0 Å². The number of carbonyl (C=O) groups excluding carboxylic acids is 1. The van der Waals surface area contributed by atoms with Gasteiger partial charge < -0.3 is 4.74 Å². The van der Waals surface area contributed by atoms with Gasteiger partial charge in [0.25, 0.3) is 0 Å². The molecule has 0 rings (SSSR count). The minimum Gasteiger partial charge on any atom is -0.466 e. The summed E-state index contributed by atoms with van der Waals surface area (Å²) in [5.74, 6) is -0.169. The van der Waals surface area contributed by atoms with Crippen molar-refractivity contribution in [3.05, 3.63) is 0 Å². The lowest BCUT2D eigenvalue weighted by atomic mass is 10.0. The van der Waals surface area contributed by atoms with E-state index in [0.29, 0.717) is 19.4 Å². The molecule has 0 fully saturated rings. The Labute approximate surface area is 197 Å². The molecule has 0 radical (unpaired) electrons. The number of esters is 1. The van der Waals surface area contributed by atoms with Crippen LogP contribution >= 0.6 is 58.0 Å². The Morgan fingerprint density at radius 1 is 0.750 bits per heavy atom. The number of rotatable bonds is 18. The number of carbonyl (C=O) groups is 1. The topological polar surface area (TPSA) is 26.3 Å². The van der Waals surface area contributed by atoms with Gasteiger partial charge in [0.05, 0.1) is 6.61 Å². The SMILES string of the molecule is CCCCCOC(=O)CCC(Cl)CCC(Cl)C(Cl)CCCC(Cl)CC(Cl)CC. The molecule has 0 aromatic heterocycles. The van der Waals surface area contributed by atoms with Gasteiger partial charge in [-0.15, -0.1) is 58.0 Å². The summed E-state index contributed by atoms with van der Waals surface area (Å²) >= 11 is 31.6. The zero-order valence-corrected chi connectivity index (χ0v) is 21.1. The molecule has 0 saturated heterocycles. The molecule has 0 spiro atoms. The fourth-order valence-electron chi connectivity index (χ4n) is 2.83. The van der Waals surface area contributed by atoms with Gasteiger partial charge in [-0.2, -0.15) is 0 Å². The highest BCUT2D eigenvalue weighted by Gasteiger charge is 2.19. The second-order valence-electron chi connectivity index (χ2n) is 7.44. The summed E-state index contributed by atoms with van der Waals surface area (Å²) in [7, 11) is 0. The van der Waals surface area contributed by atoms with Crippen molar-refractivity contribution in [2.75, 3.05) is 6.61 Å². The number of hydrogen-bond acceptors (Lipinski definition) is 2.